The zero-order chi connectivity index (χ0) is 16.8. The minimum absolute atomic E-state index is 0.253. The van der Waals surface area contributed by atoms with Gasteiger partial charge in [0, 0.05) is 37.2 Å². The maximum absolute atomic E-state index is 12.5. The Kier molecular flexibility index (Phi) is 6.50. The van der Waals surface area contributed by atoms with E-state index in [2.05, 4.69) is 26.9 Å². The molecule has 0 unspecified atom stereocenters. The molecule has 3 rings (SSSR count). The van der Waals surface area contributed by atoms with E-state index < -0.39 is 0 Å². The molecule has 1 fully saturated rings. The van der Waals surface area contributed by atoms with Crippen molar-refractivity contribution in [1.82, 2.24) is 9.80 Å². The average molecular weight is 391 g/mol. The van der Waals surface area contributed by atoms with E-state index in [9.17, 15) is 4.79 Å². The largest absolute Gasteiger partial charge is 0.340 e. The van der Waals surface area contributed by atoms with E-state index in [0.29, 0.717) is 6.42 Å². The molecule has 1 aromatic rings. The van der Waals surface area contributed by atoms with E-state index >= 15 is 0 Å². The molecule has 24 heavy (non-hydrogen) atoms. The first kappa shape index (κ1) is 17.7. The summed E-state index contributed by atoms with van der Waals surface area (Å²) in [5.41, 5.74) is 2.73. The zero-order valence-electron chi connectivity index (χ0n) is 14.3. The molecule has 0 spiro atoms. The van der Waals surface area contributed by atoms with Crippen molar-refractivity contribution in [3.8, 4) is 0 Å². The number of halogens is 1. The summed E-state index contributed by atoms with van der Waals surface area (Å²) in [6.45, 7) is 4.91. The third-order valence-electron chi connectivity index (χ3n) is 5.10. The summed E-state index contributed by atoms with van der Waals surface area (Å²) in [5.74, 6) is 0.253. The van der Waals surface area contributed by atoms with Gasteiger partial charge in [0.1, 0.15) is 0 Å². The van der Waals surface area contributed by atoms with Gasteiger partial charge in [-0.15, -0.1) is 0 Å². The number of carbonyl (C=O) groups is 1. The van der Waals surface area contributed by atoms with Crippen LogP contribution in [0.5, 0.6) is 0 Å². The van der Waals surface area contributed by atoms with E-state index in [1.54, 1.807) is 5.57 Å². The molecule has 0 saturated carbocycles. The van der Waals surface area contributed by atoms with Gasteiger partial charge in [-0.2, -0.15) is 0 Å². The fourth-order valence-corrected chi connectivity index (χ4v) is 4.03. The molecule has 130 valence electrons. The molecule has 3 nitrogen and oxygen atoms in total. The summed E-state index contributed by atoms with van der Waals surface area (Å²) in [6.07, 6.45) is 9.46. The van der Waals surface area contributed by atoms with Crippen LogP contribution in [0, 0.1) is 0 Å². The molecule has 0 bridgehead atoms. The Balaban J connectivity index is 1.41. The first-order valence-electron chi connectivity index (χ1n) is 9.13. The number of hydrogen-bond acceptors (Lipinski definition) is 2. The van der Waals surface area contributed by atoms with Crippen LogP contribution in [-0.4, -0.2) is 48.4 Å². The van der Waals surface area contributed by atoms with E-state index in [1.165, 1.54) is 32.1 Å². The maximum atomic E-state index is 12.5. The lowest BCUT2D eigenvalue weighted by atomic mass is 9.97. The number of benzene rings is 1. The van der Waals surface area contributed by atoms with Gasteiger partial charge in [-0.05, 0) is 49.8 Å². The Morgan fingerprint density at radius 1 is 1.12 bits per heavy atom. The van der Waals surface area contributed by atoms with Crippen LogP contribution in [0.3, 0.4) is 0 Å². The summed E-state index contributed by atoms with van der Waals surface area (Å²) in [5, 5.41) is 0. The second kappa shape index (κ2) is 8.82. The summed E-state index contributed by atoms with van der Waals surface area (Å²) in [6, 6.07) is 8.04. The van der Waals surface area contributed by atoms with Crippen molar-refractivity contribution in [3.05, 3.63) is 46.0 Å². The highest BCUT2D eigenvalue weighted by molar-refractivity contribution is 9.10. The Morgan fingerprint density at radius 3 is 2.67 bits per heavy atom. The van der Waals surface area contributed by atoms with Gasteiger partial charge in [-0.1, -0.05) is 39.7 Å². The van der Waals surface area contributed by atoms with Crippen LogP contribution in [0.1, 0.15) is 37.7 Å². The number of amides is 1. The van der Waals surface area contributed by atoms with E-state index in [1.807, 2.05) is 29.2 Å². The van der Waals surface area contributed by atoms with Gasteiger partial charge in [-0.25, -0.2) is 0 Å². The second-order valence-corrected chi connectivity index (χ2v) is 7.80. The monoisotopic (exact) mass is 390 g/mol. The normalized spacial score (nSPS) is 19.2. The number of hydrogen-bond donors (Lipinski definition) is 0. The molecule has 0 N–H and O–H groups in total. The Labute approximate surface area is 153 Å². The van der Waals surface area contributed by atoms with Crippen LogP contribution in [0.25, 0.3) is 0 Å². The van der Waals surface area contributed by atoms with Crippen molar-refractivity contribution in [1.29, 1.82) is 0 Å². The van der Waals surface area contributed by atoms with E-state index in [-0.39, 0.29) is 5.91 Å². The first-order valence-corrected chi connectivity index (χ1v) is 9.92. The molecular weight excluding hydrogens is 364 g/mol. The van der Waals surface area contributed by atoms with Gasteiger partial charge in [-0.3, -0.25) is 9.69 Å². The molecule has 4 heteroatoms. The standard InChI is InChI=1S/C20H27BrN2O/c21-19-8-4-7-18(15-19)16-20(24)23-13-11-22(12-14-23)10-9-17-5-2-1-3-6-17/h4-5,7-8,15H,1-3,6,9-14,16H2. The lowest BCUT2D eigenvalue weighted by Crippen LogP contribution is -2.49. The van der Waals surface area contributed by atoms with Gasteiger partial charge in [0.2, 0.25) is 5.91 Å². The van der Waals surface area contributed by atoms with Crippen LogP contribution in [0.2, 0.25) is 0 Å². The predicted octanol–water partition coefficient (Wildman–Crippen LogP) is 4.03. The lowest BCUT2D eigenvalue weighted by molar-refractivity contribution is -0.132. The summed E-state index contributed by atoms with van der Waals surface area (Å²) in [7, 11) is 0. The van der Waals surface area contributed by atoms with E-state index in [0.717, 1.165) is 42.8 Å². The van der Waals surface area contributed by atoms with Crippen molar-refractivity contribution < 1.29 is 4.79 Å². The predicted molar refractivity (Wildman–Crippen MR) is 102 cm³/mol. The van der Waals surface area contributed by atoms with Crippen molar-refractivity contribution in [2.45, 2.75) is 38.5 Å². The third-order valence-corrected chi connectivity index (χ3v) is 5.60. The molecule has 2 aliphatic rings. The summed E-state index contributed by atoms with van der Waals surface area (Å²) >= 11 is 3.47. The molecule has 1 aliphatic carbocycles. The fraction of sp³-hybridized carbons (Fsp3) is 0.550. The number of allylic oxidation sites excluding steroid dienone is 1. The van der Waals surface area contributed by atoms with E-state index in [4.69, 9.17) is 0 Å². The summed E-state index contributed by atoms with van der Waals surface area (Å²) < 4.78 is 1.04. The van der Waals surface area contributed by atoms with Gasteiger partial charge in [0.05, 0.1) is 6.42 Å². The fourth-order valence-electron chi connectivity index (χ4n) is 3.59. The first-order chi connectivity index (χ1) is 11.7. The van der Waals surface area contributed by atoms with Crippen LogP contribution >= 0.6 is 15.9 Å². The van der Waals surface area contributed by atoms with Gasteiger partial charge >= 0.3 is 0 Å². The SMILES string of the molecule is O=C(Cc1cccc(Br)c1)N1CCN(CCC2=CCCCC2)CC1. The maximum Gasteiger partial charge on any atom is 0.227 e. The van der Waals surface area contributed by atoms with Crippen LogP contribution < -0.4 is 0 Å². The molecule has 1 aromatic carbocycles. The quantitative estimate of drug-likeness (QED) is 0.708. The molecule has 1 aliphatic heterocycles. The number of nitrogens with zero attached hydrogens (tertiary/aromatic N) is 2. The zero-order valence-corrected chi connectivity index (χ0v) is 15.9. The molecule has 0 atom stereocenters. The van der Waals surface area contributed by atoms with Crippen LogP contribution in [0.4, 0.5) is 0 Å². The van der Waals surface area contributed by atoms with Gasteiger partial charge in [0.25, 0.3) is 0 Å². The highest BCUT2D eigenvalue weighted by Gasteiger charge is 2.21. The topological polar surface area (TPSA) is 23.6 Å². The highest BCUT2D eigenvalue weighted by atomic mass is 79.9. The average Bonchev–Trinajstić information content (AvgIpc) is 2.61. The molecule has 0 radical (unpaired) electrons. The number of piperazine rings is 1. The minimum atomic E-state index is 0.253. The Bertz CT molecular complexity index is 591. The minimum Gasteiger partial charge on any atom is -0.340 e. The molecular formula is C20H27BrN2O. The van der Waals surface area contributed by atoms with Crippen molar-refractivity contribution in [2.24, 2.45) is 0 Å². The smallest absolute Gasteiger partial charge is 0.227 e. The molecule has 0 aromatic heterocycles. The lowest BCUT2D eigenvalue weighted by Gasteiger charge is -2.35. The number of carbonyl (C=O) groups excluding carboxylic acids is 1. The summed E-state index contributed by atoms with van der Waals surface area (Å²) in [4.78, 5) is 17.0. The van der Waals surface area contributed by atoms with Gasteiger partial charge in [0.15, 0.2) is 0 Å². The third kappa shape index (κ3) is 5.18. The Morgan fingerprint density at radius 2 is 1.96 bits per heavy atom. The Hall–Kier alpha value is -1.13. The molecule has 1 amide bonds. The van der Waals surface area contributed by atoms with Crippen molar-refractivity contribution in [3.63, 3.8) is 0 Å². The highest BCUT2D eigenvalue weighted by Crippen LogP contribution is 2.20. The van der Waals surface area contributed by atoms with Crippen LogP contribution in [-0.2, 0) is 11.2 Å². The molecule has 1 saturated heterocycles. The van der Waals surface area contributed by atoms with Crippen molar-refractivity contribution >= 4 is 21.8 Å². The second-order valence-electron chi connectivity index (χ2n) is 6.89. The van der Waals surface area contributed by atoms with Gasteiger partial charge < -0.3 is 4.90 Å². The molecule has 1 heterocycles. The van der Waals surface area contributed by atoms with Crippen LogP contribution in [0.15, 0.2) is 40.4 Å². The van der Waals surface area contributed by atoms with Crippen molar-refractivity contribution in [2.75, 3.05) is 32.7 Å². The number of rotatable bonds is 5.